The Kier molecular flexibility index (Phi) is 2.48. The summed E-state index contributed by atoms with van der Waals surface area (Å²) in [6.07, 6.45) is -1.15. The third-order valence-electron chi connectivity index (χ3n) is 2.11. The summed E-state index contributed by atoms with van der Waals surface area (Å²) >= 11 is 3.24. The molecule has 0 radical (unpaired) electrons. The molecule has 1 aromatic carbocycles. The summed E-state index contributed by atoms with van der Waals surface area (Å²) in [6, 6.07) is 5.01. The largest absolute Gasteiger partial charge is 0.470 e. The molecule has 1 aliphatic rings. The van der Waals surface area contributed by atoms with Gasteiger partial charge in [-0.2, -0.15) is 0 Å². The molecule has 1 aromatic rings. The van der Waals surface area contributed by atoms with E-state index in [-0.39, 0.29) is 5.78 Å². The Morgan fingerprint density at radius 1 is 1.53 bits per heavy atom. The van der Waals surface area contributed by atoms with Crippen LogP contribution in [0.1, 0.15) is 10.4 Å². The van der Waals surface area contributed by atoms with Gasteiger partial charge < -0.3 is 9.47 Å². The van der Waals surface area contributed by atoms with Gasteiger partial charge in [0.05, 0.1) is 12.7 Å². The highest BCUT2D eigenvalue weighted by atomic mass is 79.9. The van der Waals surface area contributed by atoms with Crippen LogP contribution in [0.25, 0.3) is 0 Å². The summed E-state index contributed by atoms with van der Waals surface area (Å²) in [5, 5.41) is 0. The van der Waals surface area contributed by atoms with Gasteiger partial charge in [0.2, 0.25) is 5.78 Å². The lowest BCUT2D eigenvalue weighted by Crippen LogP contribution is -2.31. The molecule has 0 fully saturated rings. The lowest BCUT2D eigenvalue weighted by molar-refractivity contribution is -0.145. The second-order valence-corrected chi connectivity index (χ2v) is 3.94. The van der Waals surface area contributed by atoms with Gasteiger partial charge in [0.25, 0.3) is 6.10 Å². The molecule has 0 amide bonds. The number of Topliss-reactive ketones (excluding diaryl/α,β-unsaturated/α-hetero) is 1. The molecular weight excluding hydrogens is 264 g/mol. The minimum Gasteiger partial charge on any atom is -0.470 e. The van der Waals surface area contributed by atoms with Crippen LogP contribution in [-0.2, 0) is 9.53 Å². The molecular formula is C10H7BrO4. The van der Waals surface area contributed by atoms with Gasteiger partial charge in [-0.15, -0.1) is 0 Å². The summed E-state index contributed by atoms with van der Waals surface area (Å²) in [6.45, 7) is 0. The van der Waals surface area contributed by atoms with Gasteiger partial charge in [-0.1, -0.05) is 15.9 Å². The van der Waals surface area contributed by atoms with E-state index < -0.39 is 12.1 Å². The fourth-order valence-electron chi connectivity index (χ4n) is 1.38. The summed E-state index contributed by atoms with van der Waals surface area (Å²) in [4.78, 5) is 22.9. The first-order valence-electron chi connectivity index (χ1n) is 4.21. The highest BCUT2D eigenvalue weighted by Gasteiger charge is 2.38. The van der Waals surface area contributed by atoms with E-state index in [4.69, 9.17) is 4.74 Å². The predicted octanol–water partition coefficient (Wildman–Crippen LogP) is 1.57. The zero-order chi connectivity index (χ0) is 11.0. The number of ketones is 1. The van der Waals surface area contributed by atoms with Crippen molar-refractivity contribution >= 4 is 27.7 Å². The fourth-order valence-corrected chi connectivity index (χ4v) is 1.74. The zero-order valence-corrected chi connectivity index (χ0v) is 9.41. The number of benzene rings is 1. The van der Waals surface area contributed by atoms with Crippen molar-refractivity contribution < 1.29 is 19.1 Å². The number of rotatable bonds is 1. The summed E-state index contributed by atoms with van der Waals surface area (Å²) < 4.78 is 10.4. The van der Waals surface area contributed by atoms with Crippen LogP contribution in [0.2, 0.25) is 0 Å². The highest BCUT2D eigenvalue weighted by Crippen LogP contribution is 2.31. The molecule has 1 unspecified atom stereocenters. The maximum absolute atomic E-state index is 11.7. The molecule has 0 aromatic heterocycles. The van der Waals surface area contributed by atoms with E-state index in [0.717, 1.165) is 4.47 Å². The molecule has 0 spiro atoms. The Morgan fingerprint density at radius 2 is 2.27 bits per heavy atom. The highest BCUT2D eigenvalue weighted by molar-refractivity contribution is 9.10. The van der Waals surface area contributed by atoms with Gasteiger partial charge in [0.1, 0.15) is 5.75 Å². The van der Waals surface area contributed by atoms with Crippen LogP contribution in [0, 0.1) is 0 Å². The molecule has 1 aliphatic heterocycles. The summed E-state index contributed by atoms with van der Waals surface area (Å²) in [5.74, 6) is -0.621. The molecule has 0 aliphatic carbocycles. The molecule has 4 nitrogen and oxygen atoms in total. The Morgan fingerprint density at radius 3 is 2.93 bits per heavy atom. The van der Waals surface area contributed by atoms with Gasteiger partial charge in [0, 0.05) is 4.47 Å². The Labute approximate surface area is 94.3 Å². The van der Waals surface area contributed by atoms with Gasteiger partial charge in [-0.05, 0) is 18.2 Å². The smallest absolute Gasteiger partial charge is 0.355 e. The van der Waals surface area contributed by atoms with E-state index in [1.165, 1.54) is 7.11 Å². The molecule has 0 saturated carbocycles. The number of hydrogen-bond acceptors (Lipinski definition) is 4. The lowest BCUT2D eigenvalue weighted by atomic mass is 10.1. The van der Waals surface area contributed by atoms with Crippen LogP contribution in [0.15, 0.2) is 22.7 Å². The Hall–Kier alpha value is -1.36. The third kappa shape index (κ3) is 1.63. The van der Waals surface area contributed by atoms with Crippen LogP contribution >= 0.6 is 15.9 Å². The second-order valence-electron chi connectivity index (χ2n) is 3.03. The normalized spacial score (nSPS) is 18.3. The fraction of sp³-hybridized carbons (Fsp3) is 0.200. The molecule has 0 N–H and O–H groups in total. The van der Waals surface area contributed by atoms with Gasteiger partial charge in [-0.25, -0.2) is 4.79 Å². The van der Waals surface area contributed by atoms with Crippen molar-refractivity contribution in [1.29, 1.82) is 0 Å². The van der Waals surface area contributed by atoms with Crippen LogP contribution in [0.5, 0.6) is 5.75 Å². The quantitative estimate of drug-likeness (QED) is 0.574. The van der Waals surface area contributed by atoms with Crippen molar-refractivity contribution in [2.75, 3.05) is 7.11 Å². The zero-order valence-electron chi connectivity index (χ0n) is 7.82. The maximum atomic E-state index is 11.7. The number of ether oxygens (including phenoxy) is 2. The second kappa shape index (κ2) is 3.66. The number of hydrogen-bond donors (Lipinski definition) is 0. The van der Waals surface area contributed by atoms with Gasteiger partial charge in [0.15, 0.2) is 0 Å². The first kappa shape index (κ1) is 10.2. The van der Waals surface area contributed by atoms with Crippen LogP contribution in [-0.4, -0.2) is 25.0 Å². The maximum Gasteiger partial charge on any atom is 0.355 e. The number of carbonyl (C=O) groups excluding carboxylic acids is 2. The standard InChI is InChI=1S/C10H7BrO4/c1-14-10(13)9-8(12)6-4-5(11)2-3-7(6)15-9/h2-4,9H,1H3. The van der Waals surface area contributed by atoms with Crippen molar-refractivity contribution in [3.8, 4) is 5.75 Å². The first-order chi connectivity index (χ1) is 7.13. The van der Waals surface area contributed by atoms with E-state index in [2.05, 4.69) is 20.7 Å². The van der Waals surface area contributed by atoms with Crippen LogP contribution < -0.4 is 4.74 Å². The van der Waals surface area contributed by atoms with E-state index in [9.17, 15) is 9.59 Å². The van der Waals surface area contributed by atoms with E-state index in [0.29, 0.717) is 11.3 Å². The minimum absolute atomic E-state index is 0.363. The molecule has 15 heavy (non-hydrogen) atoms. The van der Waals surface area contributed by atoms with Crippen molar-refractivity contribution in [3.63, 3.8) is 0 Å². The van der Waals surface area contributed by atoms with E-state index in [1.807, 2.05) is 0 Å². The van der Waals surface area contributed by atoms with Crippen LogP contribution in [0.4, 0.5) is 0 Å². The Bertz CT molecular complexity index is 441. The van der Waals surface area contributed by atoms with Crippen LogP contribution in [0.3, 0.4) is 0 Å². The van der Waals surface area contributed by atoms with E-state index in [1.54, 1.807) is 18.2 Å². The predicted molar refractivity (Wildman–Crippen MR) is 54.9 cm³/mol. The first-order valence-corrected chi connectivity index (χ1v) is 5.01. The summed E-state index contributed by atoms with van der Waals surface area (Å²) in [5.41, 5.74) is 0.403. The molecule has 0 saturated heterocycles. The average molecular weight is 271 g/mol. The van der Waals surface area contributed by atoms with Crippen molar-refractivity contribution in [2.24, 2.45) is 0 Å². The van der Waals surface area contributed by atoms with Gasteiger partial charge in [-0.3, -0.25) is 4.79 Å². The van der Waals surface area contributed by atoms with Crippen molar-refractivity contribution in [2.45, 2.75) is 6.10 Å². The molecule has 2 rings (SSSR count). The number of fused-ring (bicyclic) bond motifs is 1. The molecule has 1 heterocycles. The monoisotopic (exact) mass is 270 g/mol. The van der Waals surface area contributed by atoms with Crippen molar-refractivity contribution in [1.82, 2.24) is 0 Å². The third-order valence-corrected chi connectivity index (χ3v) is 2.60. The Balaban J connectivity index is 2.38. The van der Waals surface area contributed by atoms with E-state index >= 15 is 0 Å². The number of halogens is 1. The SMILES string of the molecule is COC(=O)C1Oc2ccc(Br)cc2C1=O. The number of methoxy groups -OCH3 is 1. The average Bonchev–Trinajstić information content (AvgIpc) is 2.55. The minimum atomic E-state index is -1.15. The molecule has 5 heteroatoms. The topological polar surface area (TPSA) is 52.6 Å². The van der Waals surface area contributed by atoms with Crippen molar-refractivity contribution in [3.05, 3.63) is 28.2 Å². The molecule has 78 valence electrons. The molecule has 1 atom stereocenters. The lowest BCUT2D eigenvalue weighted by Gasteiger charge is -2.05. The molecule has 0 bridgehead atoms. The van der Waals surface area contributed by atoms with Gasteiger partial charge >= 0.3 is 5.97 Å². The number of esters is 1. The summed E-state index contributed by atoms with van der Waals surface area (Å²) in [7, 11) is 1.22. The number of carbonyl (C=O) groups is 2.